The van der Waals surface area contributed by atoms with E-state index >= 15 is 0 Å². The first-order valence-electron chi connectivity index (χ1n) is 6.25. The Kier molecular flexibility index (Phi) is 2.30. The second-order valence-electron chi connectivity index (χ2n) is 5.51. The Labute approximate surface area is 101 Å². The molecule has 0 spiro atoms. The van der Waals surface area contributed by atoms with Gasteiger partial charge in [-0.3, -0.25) is 4.79 Å². The van der Waals surface area contributed by atoms with Crippen LogP contribution in [0.4, 0.5) is 0 Å². The minimum atomic E-state index is -0.716. The molecule has 1 unspecified atom stereocenters. The fourth-order valence-corrected chi connectivity index (χ4v) is 2.53. The number of carbonyl (C=O) groups is 1. The number of likely N-dealkylation sites (tertiary alicyclic amines) is 1. The van der Waals surface area contributed by atoms with Crippen molar-refractivity contribution in [3.63, 3.8) is 0 Å². The Morgan fingerprint density at radius 3 is 2.88 bits per heavy atom. The van der Waals surface area contributed by atoms with Gasteiger partial charge in [0.2, 0.25) is 0 Å². The van der Waals surface area contributed by atoms with E-state index < -0.39 is 5.60 Å². The molecule has 1 aliphatic carbocycles. The molecule has 0 aromatic carbocycles. The number of carbonyl (C=O) groups excluding carboxylic acids is 1. The van der Waals surface area contributed by atoms with Gasteiger partial charge in [0, 0.05) is 25.3 Å². The van der Waals surface area contributed by atoms with E-state index in [-0.39, 0.29) is 5.91 Å². The molecule has 2 aliphatic rings. The summed E-state index contributed by atoms with van der Waals surface area (Å²) in [5.74, 6) is 0.0553. The Hall–Kier alpha value is -1.29. The van der Waals surface area contributed by atoms with Crippen LogP contribution in [0.3, 0.4) is 0 Å². The third kappa shape index (κ3) is 1.97. The first-order valence-corrected chi connectivity index (χ1v) is 6.25. The van der Waals surface area contributed by atoms with Gasteiger partial charge in [-0.25, -0.2) is 0 Å². The maximum absolute atomic E-state index is 12.3. The van der Waals surface area contributed by atoms with Gasteiger partial charge in [0.1, 0.15) is 5.69 Å². The van der Waals surface area contributed by atoms with Crippen LogP contribution in [-0.2, 0) is 0 Å². The van der Waals surface area contributed by atoms with Gasteiger partial charge in [-0.2, -0.15) is 0 Å². The molecule has 4 nitrogen and oxygen atoms in total. The SMILES string of the molecule is CC1(O)CCN(C(=O)c2cccn2C2CC2)C1. The van der Waals surface area contributed by atoms with Crippen LogP contribution in [0.15, 0.2) is 18.3 Å². The van der Waals surface area contributed by atoms with Crippen molar-refractivity contribution in [2.24, 2.45) is 0 Å². The van der Waals surface area contributed by atoms with Crippen LogP contribution in [0.1, 0.15) is 42.7 Å². The van der Waals surface area contributed by atoms with E-state index in [2.05, 4.69) is 4.57 Å². The standard InChI is InChI=1S/C13H18N2O2/c1-13(17)6-8-14(9-13)12(16)11-3-2-7-15(11)10-4-5-10/h2-3,7,10,17H,4-6,8-9H2,1H3. The Balaban J connectivity index is 1.80. The monoisotopic (exact) mass is 234 g/mol. The molecule has 1 saturated carbocycles. The highest BCUT2D eigenvalue weighted by Gasteiger charge is 2.36. The number of β-amino-alcohol motifs (C(OH)–C–C–N with tert-alkyl or cyclic N) is 1. The Morgan fingerprint density at radius 1 is 1.53 bits per heavy atom. The predicted octanol–water partition coefficient (Wildman–Crippen LogP) is 1.42. The molecule has 1 aromatic rings. The molecule has 92 valence electrons. The summed E-state index contributed by atoms with van der Waals surface area (Å²) in [5, 5.41) is 9.90. The van der Waals surface area contributed by atoms with Crippen molar-refractivity contribution in [3.8, 4) is 0 Å². The van der Waals surface area contributed by atoms with Crippen LogP contribution in [-0.4, -0.2) is 39.2 Å². The van der Waals surface area contributed by atoms with Crippen molar-refractivity contribution in [1.29, 1.82) is 0 Å². The van der Waals surface area contributed by atoms with Crippen molar-refractivity contribution in [2.45, 2.75) is 37.8 Å². The van der Waals surface area contributed by atoms with E-state index in [0.29, 0.717) is 25.6 Å². The summed E-state index contributed by atoms with van der Waals surface area (Å²) >= 11 is 0. The van der Waals surface area contributed by atoms with Crippen molar-refractivity contribution >= 4 is 5.91 Å². The van der Waals surface area contributed by atoms with Crippen molar-refractivity contribution in [1.82, 2.24) is 9.47 Å². The third-order valence-corrected chi connectivity index (χ3v) is 3.68. The number of rotatable bonds is 2. The number of nitrogens with zero attached hydrogens (tertiary/aromatic N) is 2. The van der Waals surface area contributed by atoms with Crippen LogP contribution in [0.5, 0.6) is 0 Å². The highest BCUT2D eigenvalue weighted by atomic mass is 16.3. The first kappa shape index (κ1) is 10.8. The van der Waals surface area contributed by atoms with Crippen molar-refractivity contribution in [3.05, 3.63) is 24.0 Å². The van der Waals surface area contributed by atoms with Gasteiger partial charge in [0.25, 0.3) is 5.91 Å². The second kappa shape index (κ2) is 3.60. The molecule has 2 fully saturated rings. The molecule has 1 aliphatic heterocycles. The molecule has 3 rings (SSSR count). The van der Waals surface area contributed by atoms with Crippen LogP contribution >= 0.6 is 0 Å². The molecule has 1 amide bonds. The summed E-state index contributed by atoms with van der Waals surface area (Å²) in [6.07, 6.45) is 5.00. The minimum absolute atomic E-state index is 0.0553. The lowest BCUT2D eigenvalue weighted by atomic mass is 10.1. The normalized spacial score (nSPS) is 28.7. The topological polar surface area (TPSA) is 45.5 Å². The molecule has 0 bridgehead atoms. The highest BCUT2D eigenvalue weighted by Crippen LogP contribution is 2.36. The largest absolute Gasteiger partial charge is 0.388 e. The lowest BCUT2D eigenvalue weighted by molar-refractivity contribution is 0.0566. The summed E-state index contributed by atoms with van der Waals surface area (Å²) in [6, 6.07) is 4.33. The fourth-order valence-electron chi connectivity index (χ4n) is 2.53. The molecule has 0 radical (unpaired) electrons. The van der Waals surface area contributed by atoms with E-state index in [9.17, 15) is 9.90 Å². The van der Waals surface area contributed by atoms with Crippen molar-refractivity contribution < 1.29 is 9.90 Å². The molecule has 4 heteroatoms. The van der Waals surface area contributed by atoms with Gasteiger partial charge in [0.15, 0.2) is 0 Å². The molecule has 1 atom stereocenters. The van der Waals surface area contributed by atoms with Crippen molar-refractivity contribution in [2.75, 3.05) is 13.1 Å². The number of aliphatic hydroxyl groups is 1. The quantitative estimate of drug-likeness (QED) is 0.841. The van der Waals surface area contributed by atoms with E-state index in [1.54, 1.807) is 11.8 Å². The van der Waals surface area contributed by atoms with Crippen LogP contribution in [0.2, 0.25) is 0 Å². The number of hydrogen-bond donors (Lipinski definition) is 1. The van der Waals surface area contributed by atoms with Gasteiger partial charge in [0.05, 0.1) is 5.60 Å². The maximum Gasteiger partial charge on any atom is 0.270 e. The highest BCUT2D eigenvalue weighted by molar-refractivity contribution is 5.93. The molecular weight excluding hydrogens is 216 g/mol. The molecule has 1 aromatic heterocycles. The van der Waals surface area contributed by atoms with Crippen LogP contribution in [0, 0.1) is 0 Å². The zero-order chi connectivity index (χ0) is 12.0. The minimum Gasteiger partial charge on any atom is -0.388 e. The summed E-state index contributed by atoms with van der Waals surface area (Å²) in [4.78, 5) is 14.1. The molecule has 17 heavy (non-hydrogen) atoms. The second-order valence-corrected chi connectivity index (χ2v) is 5.51. The van der Waals surface area contributed by atoms with Gasteiger partial charge in [-0.1, -0.05) is 0 Å². The average Bonchev–Trinajstić information content (AvgIpc) is 2.89. The Morgan fingerprint density at radius 2 is 2.29 bits per heavy atom. The summed E-state index contributed by atoms with van der Waals surface area (Å²) < 4.78 is 2.08. The summed E-state index contributed by atoms with van der Waals surface area (Å²) in [5.41, 5.74) is 0.0531. The molecule has 1 N–H and O–H groups in total. The number of aromatic nitrogens is 1. The zero-order valence-corrected chi connectivity index (χ0v) is 10.1. The first-order chi connectivity index (χ1) is 8.07. The smallest absolute Gasteiger partial charge is 0.270 e. The number of hydrogen-bond acceptors (Lipinski definition) is 2. The summed E-state index contributed by atoms with van der Waals surface area (Å²) in [7, 11) is 0. The van der Waals surface area contributed by atoms with E-state index in [0.717, 1.165) is 5.69 Å². The fraction of sp³-hybridized carbons (Fsp3) is 0.615. The van der Waals surface area contributed by atoms with Gasteiger partial charge in [-0.15, -0.1) is 0 Å². The maximum atomic E-state index is 12.3. The van der Waals surface area contributed by atoms with Gasteiger partial charge >= 0.3 is 0 Å². The van der Waals surface area contributed by atoms with E-state index in [1.165, 1.54) is 12.8 Å². The lowest BCUT2D eigenvalue weighted by Crippen LogP contribution is -2.34. The summed E-state index contributed by atoms with van der Waals surface area (Å²) in [6.45, 7) is 2.89. The lowest BCUT2D eigenvalue weighted by Gasteiger charge is -2.19. The van der Waals surface area contributed by atoms with E-state index in [4.69, 9.17) is 0 Å². The third-order valence-electron chi connectivity index (χ3n) is 3.68. The van der Waals surface area contributed by atoms with E-state index in [1.807, 2.05) is 18.3 Å². The molecular formula is C13H18N2O2. The molecule has 2 heterocycles. The average molecular weight is 234 g/mol. The number of amides is 1. The van der Waals surface area contributed by atoms with Gasteiger partial charge in [-0.05, 0) is 38.3 Å². The van der Waals surface area contributed by atoms with Gasteiger partial charge < -0.3 is 14.6 Å². The van der Waals surface area contributed by atoms with Crippen LogP contribution in [0.25, 0.3) is 0 Å². The van der Waals surface area contributed by atoms with Crippen LogP contribution < -0.4 is 0 Å². The zero-order valence-electron chi connectivity index (χ0n) is 10.1. The predicted molar refractivity (Wildman–Crippen MR) is 63.8 cm³/mol. The Bertz CT molecular complexity index is 446. The molecule has 1 saturated heterocycles.